The number of aliphatic imine (C=N–C) groups is 1. The lowest BCUT2D eigenvalue weighted by Crippen LogP contribution is -2.30. The zero-order chi connectivity index (χ0) is 23.1. The Morgan fingerprint density at radius 1 is 1.00 bits per heavy atom. The number of amides is 1. The molecular weight excluding hydrogens is 424 g/mol. The molecule has 1 heterocycles. The third-order valence-electron chi connectivity index (χ3n) is 5.54. The normalized spacial score (nSPS) is 15.3. The maximum atomic E-state index is 12.6. The standard InChI is InChI=1S/C24H32N4O3S/c1-4-28(18-19-13-15-20(16-14-19)27(2)3)23(29)12-6-5-9-17-25-24-21-10-7-8-11-22(21)32(30,31)26-24/h7-8,10-11,13-16H,4-6,9,12,17-18H2,1-3H3,(H,25,26). The molecule has 172 valence electrons. The summed E-state index contributed by atoms with van der Waals surface area (Å²) in [6, 6.07) is 15.1. The van der Waals surface area contributed by atoms with Gasteiger partial charge in [0.25, 0.3) is 10.0 Å². The van der Waals surface area contributed by atoms with E-state index in [1.165, 1.54) is 0 Å². The third-order valence-corrected chi connectivity index (χ3v) is 6.94. The molecule has 8 heteroatoms. The van der Waals surface area contributed by atoms with Crippen molar-refractivity contribution in [1.82, 2.24) is 9.62 Å². The first-order chi connectivity index (χ1) is 15.3. The van der Waals surface area contributed by atoms with Gasteiger partial charge in [0.1, 0.15) is 5.84 Å². The number of nitrogens with one attached hydrogen (secondary N) is 1. The van der Waals surface area contributed by atoms with Crippen LogP contribution in [0.15, 0.2) is 58.4 Å². The first-order valence-corrected chi connectivity index (χ1v) is 12.5. The van der Waals surface area contributed by atoms with Crippen LogP contribution in [0.4, 0.5) is 5.69 Å². The number of nitrogens with zero attached hydrogens (tertiary/aromatic N) is 3. The van der Waals surface area contributed by atoms with Gasteiger partial charge in [0.05, 0.1) is 4.90 Å². The maximum absolute atomic E-state index is 12.6. The van der Waals surface area contributed by atoms with Crippen molar-refractivity contribution in [2.75, 3.05) is 32.1 Å². The maximum Gasteiger partial charge on any atom is 0.263 e. The van der Waals surface area contributed by atoms with E-state index in [2.05, 4.69) is 38.9 Å². The van der Waals surface area contributed by atoms with Crippen LogP contribution in [0, 0.1) is 0 Å². The van der Waals surface area contributed by atoms with E-state index in [0.29, 0.717) is 37.5 Å². The molecule has 0 unspecified atom stereocenters. The van der Waals surface area contributed by atoms with Gasteiger partial charge >= 0.3 is 0 Å². The second-order valence-corrected chi connectivity index (χ2v) is 9.76. The Bertz CT molecular complexity index is 1060. The minimum Gasteiger partial charge on any atom is -0.378 e. The van der Waals surface area contributed by atoms with Gasteiger partial charge in [0.2, 0.25) is 5.91 Å². The number of benzene rings is 2. The number of anilines is 1. The van der Waals surface area contributed by atoms with Crippen LogP contribution in [0.2, 0.25) is 0 Å². The minimum atomic E-state index is -3.49. The van der Waals surface area contributed by atoms with E-state index in [9.17, 15) is 13.2 Å². The Labute approximate surface area is 191 Å². The van der Waals surface area contributed by atoms with Crippen molar-refractivity contribution >= 4 is 27.5 Å². The first-order valence-electron chi connectivity index (χ1n) is 11.0. The Morgan fingerprint density at radius 2 is 1.72 bits per heavy atom. The van der Waals surface area contributed by atoms with E-state index < -0.39 is 10.0 Å². The Kier molecular flexibility index (Phi) is 7.90. The topological polar surface area (TPSA) is 82.1 Å². The fourth-order valence-electron chi connectivity index (χ4n) is 3.66. The van der Waals surface area contributed by atoms with Crippen LogP contribution in [0.25, 0.3) is 0 Å². The number of hydrogen-bond acceptors (Lipinski definition) is 5. The smallest absolute Gasteiger partial charge is 0.263 e. The number of fused-ring (bicyclic) bond motifs is 1. The van der Waals surface area contributed by atoms with Crippen LogP contribution >= 0.6 is 0 Å². The van der Waals surface area contributed by atoms with Crippen LogP contribution in [0.5, 0.6) is 0 Å². The van der Waals surface area contributed by atoms with Gasteiger partial charge in [0.15, 0.2) is 0 Å². The van der Waals surface area contributed by atoms with Crippen molar-refractivity contribution < 1.29 is 13.2 Å². The predicted octanol–water partition coefficient (Wildman–Crippen LogP) is 3.40. The zero-order valence-corrected chi connectivity index (χ0v) is 19.9. The number of sulfonamides is 1. The molecule has 2 aromatic rings. The number of hydrogen-bond donors (Lipinski definition) is 1. The Morgan fingerprint density at radius 3 is 2.41 bits per heavy atom. The highest BCUT2D eigenvalue weighted by molar-refractivity contribution is 7.90. The van der Waals surface area contributed by atoms with Crippen LogP contribution in [0.1, 0.15) is 43.7 Å². The molecule has 0 saturated carbocycles. The fraction of sp³-hybridized carbons (Fsp3) is 0.417. The van der Waals surface area contributed by atoms with E-state index in [1.54, 1.807) is 24.3 Å². The molecule has 1 aliphatic rings. The summed E-state index contributed by atoms with van der Waals surface area (Å²) in [7, 11) is 0.524. The summed E-state index contributed by atoms with van der Waals surface area (Å²) in [4.78, 5) is 21.3. The van der Waals surface area contributed by atoms with E-state index in [1.807, 2.05) is 25.9 Å². The lowest BCUT2D eigenvalue weighted by Gasteiger charge is -2.21. The van der Waals surface area contributed by atoms with E-state index in [4.69, 9.17) is 0 Å². The third kappa shape index (κ3) is 5.88. The van der Waals surface area contributed by atoms with Crippen molar-refractivity contribution in [3.8, 4) is 0 Å². The minimum absolute atomic E-state index is 0.160. The lowest BCUT2D eigenvalue weighted by molar-refractivity contribution is -0.131. The summed E-state index contributed by atoms with van der Waals surface area (Å²) in [5.74, 6) is 0.571. The van der Waals surface area contributed by atoms with Crippen molar-refractivity contribution in [1.29, 1.82) is 0 Å². The van der Waals surface area contributed by atoms with Crippen LogP contribution < -0.4 is 9.62 Å². The van der Waals surface area contributed by atoms with Gasteiger partial charge in [-0.2, -0.15) is 0 Å². The summed E-state index contributed by atoms with van der Waals surface area (Å²) < 4.78 is 26.7. The highest BCUT2D eigenvalue weighted by Gasteiger charge is 2.29. The van der Waals surface area contributed by atoms with Gasteiger partial charge in [-0.25, -0.2) is 8.42 Å². The summed E-state index contributed by atoms with van der Waals surface area (Å²) >= 11 is 0. The molecule has 1 aliphatic heterocycles. The zero-order valence-electron chi connectivity index (χ0n) is 19.0. The number of amidine groups is 1. The molecule has 32 heavy (non-hydrogen) atoms. The van der Waals surface area contributed by atoms with Crippen molar-refractivity contribution in [3.63, 3.8) is 0 Å². The molecule has 0 spiro atoms. The molecule has 1 amide bonds. The van der Waals surface area contributed by atoms with Gasteiger partial charge in [-0.05, 0) is 49.6 Å². The molecule has 1 N–H and O–H groups in total. The largest absolute Gasteiger partial charge is 0.378 e. The SMILES string of the molecule is CCN(Cc1ccc(N(C)C)cc1)C(=O)CCCCCN=C1NS(=O)(=O)c2ccccc21. The molecule has 0 aromatic heterocycles. The highest BCUT2D eigenvalue weighted by atomic mass is 32.2. The van der Waals surface area contributed by atoms with Crippen LogP contribution in [-0.2, 0) is 21.4 Å². The molecule has 0 saturated heterocycles. The number of carbonyl (C=O) groups is 1. The van der Waals surface area contributed by atoms with Crippen molar-refractivity contribution in [3.05, 3.63) is 59.7 Å². The molecule has 0 fully saturated rings. The quantitative estimate of drug-likeness (QED) is 0.556. The number of carbonyl (C=O) groups excluding carboxylic acids is 1. The Hall–Kier alpha value is -2.87. The molecule has 0 aliphatic carbocycles. The summed E-state index contributed by atoms with van der Waals surface area (Å²) in [6.45, 7) is 3.83. The summed E-state index contributed by atoms with van der Waals surface area (Å²) in [5, 5.41) is 0. The second-order valence-electron chi connectivity index (χ2n) is 8.11. The monoisotopic (exact) mass is 456 g/mol. The summed E-state index contributed by atoms with van der Waals surface area (Å²) in [6.07, 6.45) is 2.97. The van der Waals surface area contributed by atoms with Gasteiger partial charge in [-0.3, -0.25) is 14.5 Å². The predicted molar refractivity (Wildman–Crippen MR) is 128 cm³/mol. The summed E-state index contributed by atoms with van der Waals surface area (Å²) in [5.41, 5.74) is 2.89. The molecular formula is C24H32N4O3S. The van der Waals surface area contributed by atoms with Crippen LogP contribution in [0.3, 0.4) is 0 Å². The molecule has 0 radical (unpaired) electrons. The van der Waals surface area contributed by atoms with Crippen molar-refractivity contribution in [2.24, 2.45) is 4.99 Å². The van der Waals surface area contributed by atoms with Gasteiger partial charge < -0.3 is 9.80 Å². The highest BCUT2D eigenvalue weighted by Crippen LogP contribution is 2.22. The van der Waals surface area contributed by atoms with Crippen molar-refractivity contribution in [2.45, 2.75) is 44.0 Å². The first kappa shape index (κ1) is 23.8. The van der Waals surface area contributed by atoms with Gasteiger partial charge in [0, 0.05) is 51.4 Å². The van der Waals surface area contributed by atoms with Crippen LogP contribution in [-0.4, -0.2) is 52.2 Å². The molecule has 3 rings (SSSR count). The van der Waals surface area contributed by atoms with E-state index in [0.717, 1.165) is 30.5 Å². The molecule has 0 bridgehead atoms. The molecule has 7 nitrogen and oxygen atoms in total. The van der Waals surface area contributed by atoms with Gasteiger partial charge in [-0.15, -0.1) is 0 Å². The average molecular weight is 457 g/mol. The Balaban J connectivity index is 1.42. The fourth-order valence-corrected chi connectivity index (χ4v) is 4.91. The lowest BCUT2D eigenvalue weighted by atomic mass is 10.1. The average Bonchev–Trinajstić information content (AvgIpc) is 3.04. The van der Waals surface area contributed by atoms with Gasteiger partial charge in [-0.1, -0.05) is 30.7 Å². The van der Waals surface area contributed by atoms with E-state index in [-0.39, 0.29) is 10.8 Å². The molecule has 0 atom stereocenters. The van der Waals surface area contributed by atoms with E-state index >= 15 is 0 Å². The molecule has 2 aromatic carbocycles. The second kappa shape index (κ2) is 10.6. The number of unbranched alkanes of at least 4 members (excludes halogenated alkanes) is 2. The number of rotatable bonds is 10.